The highest BCUT2D eigenvalue weighted by Gasteiger charge is 2.28. The molecule has 86 valence electrons. The van der Waals surface area contributed by atoms with Gasteiger partial charge in [0.15, 0.2) is 5.69 Å². The van der Waals surface area contributed by atoms with Crippen LogP contribution in [0.1, 0.15) is 23.8 Å². The topological polar surface area (TPSA) is 91.0 Å². The molecule has 1 atom stereocenters. The molecule has 1 fully saturated rings. The van der Waals surface area contributed by atoms with Gasteiger partial charge in [-0.15, -0.1) is 0 Å². The first kappa shape index (κ1) is 10.6. The number of carbonyl (C=O) groups is 2. The molecule has 2 rings (SSSR count). The molecule has 0 aliphatic carbocycles. The van der Waals surface area contributed by atoms with Crippen molar-refractivity contribution in [1.82, 2.24) is 25.6 Å². The van der Waals surface area contributed by atoms with E-state index in [2.05, 4.69) is 20.7 Å². The van der Waals surface area contributed by atoms with E-state index in [1.54, 1.807) is 4.90 Å². The first-order valence-electron chi connectivity index (χ1n) is 5.09. The van der Waals surface area contributed by atoms with Crippen LogP contribution in [-0.4, -0.2) is 51.3 Å². The summed E-state index contributed by atoms with van der Waals surface area (Å²) >= 11 is 0. The molecule has 1 aliphatic heterocycles. The molecule has 1 unspecified atom stereocenters. The zero-order chi connectivity index (χ0) is 11.5. The van der Waals surface area contributed by atoms with E-state index in [0.29, 0.717) is 18.8 Å². The summed E-state index contributed by atoms with van der Waals surface area (Å²) in [5.74, 6) is -0.220. The number of H-pyrrole nitrogens is 1. The minimum absolute atomic E-state index is 0.0494. The van der Waals surface area contributed by atoms with Crippen molar-refractivity contribution in [2.45, 2.75) is 19.4 Å². The van der Waals surface area contributed by atoms with Gasteiger partial charge in [-0.25, -0.2) is 0 Å². The van der Waals surface area contributed by atoms with Crippen LogP contribution in [0.4, 0.5) is 0 Å². The highest BCUT2D eigenvalue weighted by Crippen LogP contribution is 2.11. The molecule has 1 aliphatic rings. The standard InChI is InChI=1S/C9H13N5O2/c1-6(15)11-7-2-3-14(5-7)9(16)8-4-10-13-12-8/h4,7H,2-3,5H2,1H3,(H,11,15)(H,10,12,13). The number of hydrogen-bond donors (Lipinski definition) is 2. The van der Waals surface area contributed by atoms with Crippen molar-refractivity contribution in [2.24, 2.45) is 0 Å². The van der Waals surface area contributed by atoms with Gasteiger partial charge in [-0.3, -0.25) is 9.59 Å². The molecule has 1 aromatic rings. The van der Waals surface area contributed by atoms with Gasteiger partial charge in [-0.1, -0.05) is 0 Å². The monoisotopic (exact) mass is 223 g/mol. The lowest BCUT2D eigenvalue weighted by Crippen LogP contribution is -2.37. The highest BCUT2D eigenvalue weighted by atomic mass is 16.2. The van der Waals surface area contributed by atoms with Gasteiger partial charge >= 0.3 is 0 Å². The van der Waals surface area contributed by atoms with E-state index in [1.165, 1.54) is 13.1 Å². The molecule has 2 N–H and O–H groups in total. The Morgan fingerprint density at radius 1 is 1.62 bits per heavy atom. The molecule has 0 saturated carbocycles. The van der Waals surface area contributed by atoms with Gasteiger partial charge in [0.1, 0.15) is 0 Å². The van der Waals surface area contributed by atoms with Gasteiger partial charge < -0.3 is 10.2 Å². The average Bonchev–Trinajstić information content (AvgIpc) is 2.84. The summed E-state index contributed by atoms with van der Waals surface area (Å²) in [6.07, 6.45) is 2.18. The molecule has 1 aromatic heterocycles. The summed E-state index contributed by atoms with van der Waals surface area (Å²) in [5, 5.41) is 12.5. The number of nitrogens with one attached hydrogen (secondary N) is 2. The zero-order valence-corrected chi connectivity index (χ0v) is 8.93. The Balaban J connectivity index is 1.94. The molecule has 7 heteroatoms. The van der Waals surface area contributed by atoms with E-state index >= 15 is 0 Å². The minimum atomic E-state index is -0.151. The summed E-state index contributed by atoms with van der Waals surface area (Å²) in [5.41, 5.74) is 0.309. The molecule has 0 spiro atoms. The third kappa shape index (κ3) is 2.18. The molecule has 7 nitrogen and oxygen atoms in total. The lowest BCUT2D eigenvalue weighted by Gasteiger charge is -2.14. The predicted octanol–water partition coefficient (Wildman–Crippen LogP) is -0.845. The number of aromatic nitrogens is 3. The van der Waals surface area contributed by atoms with Crippen LogP contribution >= 0.6 is 0 Å². The number of hydrogen-bond acceptors (Lipinski definition) is 4. The van der Waals surface area contributed by atoms with Crippen LogP contribution in [0, 0.1) is 0 Å². The Bertz CT molecular complexity index is 389. The van der Waals surface area contributed by atoms with Gasteiger partial charge in [0.05, 0.1) is 6.20 Å². The van der Waals surface area contributed by atoms with E-state index in [4.69, 9.17) is 0 Å². The van der Waals surface area contributed by atoms with Gasteiger partial charge in [-0.05, 0) is 6.42 Å². The fourth-order valence-corrected chi connectivity index (χ4v) is 1.82. The Labute approximate surface area is 92.2 Å². The summed E-state index contributed by atoms with van der Waals surface area (Å²) in [4.78, 5) is 24.4. The fraction of sp³-hybridized carbons (Fsp3) is 0.556. The van der Waals surface area contributed by atoms with Crippen LogP contribution in [0.5, 0.6) is 0 Å². The molecule has 0 bridgehead atoms. The summed E-state index contributed by atoms with van der Waals surface area (Å²) in [7, 11) is 0. The van der Waals surface area contributed by atoms with Crippen molar-refractivity contribution in [3.8, 4) is 0 Å². The second kappa shape index (κ2) is 4.30. The lowest BCUT2D eigenvalue weighted by atomic mass is 10.2. The van der Waals surface area contributed by atoms with Crippen molar-refractivity contribution in [3.63, 3.8) is 0 Å². The minimum Gasteiger partial charge on any atom is -0.352 e. The van der Waals surface area contributed by atoms with E-state index in [9.17, 15) is 9.59 Å². The molecule has 2 heterocycles. The smallest absolute Gasteiger partial charge is 0.276 e. The van der Waals surface area contributed by atoms with Crippen LogP contribution in [0.2, 0.25) is 0 Å². The third-order valence-electron chi connectivity index (χ3n) is 2.52. The van der Waals surface area contributed by atoms with E-state index in [0.717, 1.165) is 6.42 Å². The maximum atomic E-state index is 11.8. The van der Waals surface area contributed by atoms with Crippen LogP contribution in [0.3, 0.4) is 0 Å². The average molecular weight is 223 g/mol. The van der Waals surface area contributed by atoms with E-state index < -0.39 is 0 Å². The number of rotatable bonds is 2. The maximum absolute atomic E-state index is 11.8. The van der Waals surface area contributed by atoms with E-state index in [-0.39, 0.29) is 17.9 Å². The van der Waals surface area contributed by atoms with Crippen molar-refractivity contribution in [1.29, 1.82) is 0 Å². The summed E-state index contributed by atoms with van der Waals surface area (Å²) in [6.45, 7) is 2.64. The van der Waals surface area contributed by atoms with Gasteiger partial charge in [0.2, 0.25) is 5.91 Å². The number of aromatic amines is 1. The Morgan fingerprint density at radius 3 is 3.06 bits per heavy atom. The first-order chi connectivity index (χ1) is 7.66. The summed E-state index contributed by atoms with van der Waals surface area (Å²) < 4.78 is 0. The van der Waals surface area contributed by atoms with Crippen LogP contribution < -0.4 is 5.32 Å². The zero-order valence-electron chi connectivity index (χ0n) is 8.93. The highest BCUT2D eigenvalue weighted by molar-refractivity contribution is 5.92. The molecule has 2 amide bonds. The second-order valence-corrected chi connectivity index (χ2v) is 3.79. The van der Waals surface area contributed by atoms with E-state index in [1.807, 2.05) is 0 Å². The fourth-order valence-electron chi connectivity index (χ4n) is 1.82. The molecule has 16 heavy (non-hydrogen) atoms. The van der Waals surface area contributed by atoms with Crippen LogP contribution in [0.15, 0.2) is 6.20 Å². The normalized spacial score (nSPS) is 19.8. The van der Waals surface area contributed by atoms with Crippen molar-refractivity contribution < 1.29 is 9.59 Å². The Kier molecular flexibility index (Phi) is 2.84. The van der Waals surface area contributed by atoms with Crippen molar-refractivity contribution in [2.75, 3.05) is 13.1 Å². The second-order valence-electron chi connectivity index (χ2n) is 3.79. The molecular weight excluding hydrogens is 210 g/mol. The van der Waals surface area contributed by atoms with Crippen LogP contribution in [-0.2, 0) is 4.79 Å². The predicted molar refractivity (Wildman–Crippen MR) is 54.5 cm³/mol. The first-order valence-corrected chi connectivity index (χ1v) is 5.09. The Hall–Kier alpha value is -1.92. The Morgan fingerprint density at radius 2 is 2.44 bits per heavy atom. The number of nitrogens with zero attached hydrogens (tertiary/aromatic N) is 3. The SMILES string of the molecule is CC(=O)NC1CCN(C(=O)c2cn[nH]n2)C1. The lowest BCUT2D eigenvalue weighted by molar-refractivity contribution is -0.119. The maximum Gasteiger partial charge on any atom is 0.276 e. The molecule has 0 radical (unpaired) electrons. The van der Waals surface area contributed by atoms with Gasteiger partial charge in [0.25, 0.3) is 5.91 Å². The van der Waals surface area contributed by atoms with Gasteiger partial charge in [-0.2, -0.15) is 15.4 Å². The number of amides is 2. The van der Waals surface area contributed by atoms with Crippen LogP contribution in [0.25, 0.3) is 0 Å². The van der Waals surface area contributed by atoms with Gasteiger partial charge in [0, 0.05) is 26.1 Å². The quantitative estimate of drug-likeness (QED) is 0.683. The molecule has 1 saturated heterocycles. The molecule has 0 aromatic carbocycles. The van der Waals surface area contributed by atoms with Crippen molar-refractivity contribution in [3.05, 3.63) is 11.9 Å². The number of likely N-dealkylation sites (tertiary alicyclic amines) is 1. The molecular formula is C9H13N5O2. The summed E-state index contributed by atoms with van der Waals surface area (Å²) in [6, 6.07) is 0.0494. The third-order valence-corrected chi connectivity index (χ3v) is 2.52. The largest absolute Gasteiger partial charge is 0.352 e. The number of carbonyl (C=O) groups excluding carboxylic acids is 2. The van der Waals surface area contributed by atoms with Crippen molar-refractivity contribution >= 4 is 11.8 Å².